The smallest absolute Gasteiger partial charge is 0.231 e. The molecular formula is C10H8O3. The molecule has 2 rings (SSSR count). The van der Waals surface area contributed by atoms with Gasteiger partial charge in [-0.25, -0.2) is 0 Å². The molecule has 0 radical (unpaired) electrons. The molecule has 0 atom stereocenters. The molecule has 0 fully saturated rings. The molecular weight excluding hydrogens is 168 g/mol. The van der Waals surface area contributed by atoms with E-state index >= 15 is 0 Å². The zero-order valence-corrected chi connectivity index (χ0v) is 6.90. The molecule has 66 valence electrons. The zero-order chi connectivity index (χ0) is 9.10. The van der Waals surface area contributed by atoms with Crippen LogP contribution in [0.15, 0.2) is 24.3 Å². The predicted molar refractivity (Wildman–Crippen MR) is 47.7 cm³/mol. The first-order chi connectivity index (χ1) is 6.40. The molecule has 13 heavy (non-hydrogen) atoms. The van der Waals surface area contributed by atoms with Crippen LogP contribution in [-0.2, 0) is 4.79 Å². The summed E-state index contributed by atoms with van der Waals surface area (Å²) in [6.45, 7) is 0.274. The minimum absolute atomic E-state index is 0.274. The molecule has 1 aromatic rings. The van der Waals surface area contributed by atoms with E-state index in [9.17, 15) is 4.79 Å². The van der Waals surface area contributed by atoms with E-state index in [4.69, 9.17) is 9.47 Å². The Kier molecular flexibility index (Phi) is 2.00. The van der Waals surface area contributed by atoms with Gasteiger partial charge in [0.2, 0.25) is 6.79 Å². The largest absolute Gasteiger partial charge is 0.454 e. The van der Waals surface area contributed by atoms with E-state index in [1.807, 2.05) is 18.2 Å². The van der Waals surface area contributed by atoms with E-state index in [0.717, 1.165) is 23.3 Å². The highest BCUT2D eigenvalue weighted by Crippen LogP contribution is 2.32. The highest BCUT2D eigenvalue weighted by atomic mass is 16.7. The first-order valence-electron chi connectivity index (χ1n) is 3.91. The first kappa shape index (κ1) is 7.86. The minimum Gasteiger partial charge on any atom is -0.454 e. The average molecular weight is 176 g/mol. The van der Waals surface area contributed by atoms with Crippen LogP contribution in [0.1, 0.15) is 5.56 Å². The van der Waals surface area contributed by atoms with Crippen molar-refractivity contribution in [2.75, 3.05) is 6.79 Å². The summed E-state index contributed by atoms with van der Waals surface area (Å²) in [6.07, 6.45) is 3.90. The van der Waals surface area contributed by atoms with Gasteiger partial charge in [-0.15, -0.1) is 0 Å². The third-order valence-corrected chi connectivity index (χ3v) is 1.76. The second-order valence-electron chi connectivity index (χ2n) is 2.61. The Balaban J connectivity index is 2.30. The van der Waals surface area contributed by atoms with E-state index in [-0.39, 0.29) is 6.79 Å². The number of allylic oxidation sites excluding steroid dienone is 1. The fourth-order valence-electron chi connectivity index (χ4n) is 1.17. The summed E-state index contributed by atoms with van der Waals surface area (Å²) < 4.78 is 10.3. The Morgan fingerprint density at radius 2 is 2.08 bits per heavy atom. The van der Waals surface area contributed by atoms with Crippen molar-refractivity contribution in [3.63, 3.8) is 0 Å². The number of hydrogen-bond donors (Lipinski definition) is 0. The molecule has 0 unspecified atom stereocenters. The van der Waals surface area contributed by atoms with Crippen LogP contribution in [0.3, 0.4) is 0 Å². The van der Waals surface area contributed by atoms with Crippen LogP contribution in [0.25, 0.3) is 6.08 Å². The van der Waals surface area contributed by atoms with Crippen LogP contribution in [-0.4, -0.2) is 13.1 Å². The van der Waals surface area contributed by atoms with Gasteiger partial charge in [-0.3, -0.25) is 4.79 Å². The molecule has 0 N–H and O–H groups in total. The van der Waals surface area contributed by atoms with Gasteiger partial charge in [-0.2, -0.15) is 0 Å². The average Bonchev–Trinajstić information content (AvgIpc) is 2.61. The summed E-state index contributed by atoms with van der Waals surface area (Å²) in [6, 6.07) is 5.53. The highest BCUT2D eigenvalue weighted by Gasteiger charge is 2.11. The third-order valence-electron chi connectivity index (χ3n) is 1.76. The molecule has 1 heterocycles. The second kappa shape index (κ2) is 3.31. The molecule has 0 aliphatic carbocycles. The standard InChI is InChI=1S/C10H8O3/c11-5-1-2-8-3-4-9-10(6-8)13-7-12-9/h1-6H,7H2/b2-1-. The maximum Gasteiger partial charge on any atom is 0.231 e. The monoisotopic (exact) mass is 176 g/mol. The molecule has 1 aromatic carbocycles. The van der Waals surface area contributed by atoms with Gasteiger partial charge in [0.25, 0.3) is 0 Å². The fraction of sp³-hybridized carbons (Fsp3) is 0.100. The van der Waals surface area contributed by atoms with Gasteiger partial charge in [-0.05, 0) is 23.8 Å². The SMILES string of the molecule is O=C/C=C\c1ccc2c(c1)OCO2. The summed E-state index contributed by atoms with van der Waals surface area (Å²) in [5, 5.41) is 0. The van der Waals surface area contributed by atoms with Crippen LogP contribution < -0.4 is 9.47 Å². The molecule has 1 aliphatic heterocycles. The number of benzene rings is 1. The number of ether oxygens (including phenoxy) is 2. The van der Waals surface area contributed by atoms with Crippen molar-refractivity contribution >= 4 is 12.4 Å². The Morgan fingerprint density at radius 3 is 2.92 bits per heavy atom. The Bertz CT molecular complexity index is 355. The van der Waals surface area contributed by atoms with E-state index in [0.29, 0.717) is 0 Å². The first-order valence-corrected chi connectivity index (χ1v) is 3.91. The van der Waals surface area contributed by atoms with Crippen molar-refractivity contribution in [2.24, 2.45) is 0 Å². The quantitative estimate of drug-likeness (QED) is 0.507. The normalized spacial score (nSPS) is 13.5. The van der Waals surface area contributed by atoms with Gasteiger partial charge in [0, 0.05) is 0 Å². The summed E-state index contributed by atoms with van der Waals surface area (Å²) in [7, 11) is 0. The summed E-state index contributed by atoms with van der Waals surface area (Å²) in [5.41, 5.74) is 0.927. The number of hydrogen-bond acceptors (Lipinski definition) is 3. The number of carbonyl (C=O) groups excluding carboxylic acids is 1. The Labute approximate surface area is 75.6 Å². The minimum atomic E-state index is 0.274. The van der Waals surface area contributed by atoms with Crippen molar-refractivity contribution in [1.29, 1.82) is 0 Å². The van der Waals surface area contributed by atoms with E-state index in [1.165, 1.54) is 6.08 Å². The third kappa shape index (κ3) is 1.54. The molecule has 1 aliphatic rings. The molecule has 0 amide bonds. The van der Waals surface area contributed by atoms with Gasteiger partial charge in [-0.1, -0.05) is 12.1 Å². The lowest BCUT2D eigenvalue weighted by Gasteiger charge is -1.96. The number of fused-ring (bicyclic) bond motifs is 1. The zero-order valence-electron chi connectivity index (χ0n) is 6.90. The van der Waals surface area contributed by atoms with E-state index < -0.39 is 0 Å². The van der Waals surface area contributed by atoms with Gasteiger partial charge < -0.3 is 9.47 Å². The van der Waals surface area contributed by atoms with Gasteiger partial charge in [0.15, 0.2) is 11.5 Å². The lowest BCUT2D eigenvalue weighted by molar-refractivity contribution is -0.104. The molecule has 0 spiro atoms. The maximum absolute atomic E-state index is 10.1. The van der Waals surface area contributed by atoms with Crippen molar-refractivity contribution in [3.05, 3.63) is 29.8 Å². The molecule has 3 heteroatoms. The van der Waals surface area contributed by atoms with Crippen LogP contribution in [0.4, 0.5) is 0 Å². The molecule has 0 aromatic heterocycles. The topological polar surface area (TPSA) is 35.5 Å². The predicted octanol–water partition coefficient (Wildman–Crippen LogP) is 1.63. The van der Waals surface area contributed by atoms with Crippen molar-refractivity contribution in [1.82, 2.24) is 0 Å². The van der Waals surface area contributed by atoms with Crippen molar-refractivity contribution < 1.29 is 14.3 Å². The van der Waals surface area contributed by atoms with Gasteiger partial charge in [0.05, 0.1) is 0 Å². The lowest BCUT2D eigenvalue weighted by Crippen LogP contribution is -1.92. The Hall–Kier alpha value is -1.77. The van der Waals surface area contributed by atoms with Gasteiger partial charge >= 0.3 is 0 Å². The van der Waals surface area contributed by atoms with Crippen LogP contribution in [0.5, 0.6) is 11.5 Å². The number of aldehydes is 1. The van der Waals surface area contributed by atoms with Crippen molar-refractivity contribution in [3.8, 4) is 11.5 Å². The van der Waals surface area contributed by atoms with Crippen molar-refractivity contribution in [2.45, 2.75) is 0 Å². The maximum atomic E-state index is 10.1. The number of carbonyl (C=O) groups is 1. The van der Waals surface area contributed by atoms with E-state index in [1.54, 1.807) is 6.08 Å². The molecule has 0 saturated carbocycles. The Morgan fingerprint density at radius 1 is 1.23 bits per heavy atom. The lowest BCUT2D eigenvalue weighted by atomic mass is 10.2. The second-order valence-corrected chi connectivity index (χ2v) is 2.61. The summed E-state index contributed by atoms with van der Waals surface area (Å²) in [4.78, 5) is 10.1. The number of rotatable bonds is 2. The van der Waals surface area contributed by atoms with Gasteiger partial charge in [0.1, 0.15) is 6.29 Å². The van der Waals surface area contributed by atoms with Crippen LogP contribution in [0.2, 0.25) is 0 Å². The summed E-state index contributed by atoms with van der Waals surface area (Å²) >= 11 is 0. The van der Waals surface area contributed by atoms with Crippen LogP contribution in [0, 0.1) is 0 Å². The molecule has 3 nitrogen and oxygen atoms in total. The highest BCUT2D eigenvalue weighted by molar-refractivity contribution is 5.74. The summed E-state index contributed by atoms with van der Waals surface area (Å²) in [5.74, 6) is 1.48. The fourth-order valence-corrected chi connectivity index (χ4v) is 1.17. The van der Waals surface area contributed by atoms with E-state index in [2.05, 4.69) is 0 Å². The molecule has 0 saturated heterocycles. The van der Waals surface area contributed by atoms with Crippen LogP contribution >= 0.6 is 0 Å². The molecule has 0 bridgehead atoms.